The normalized spacial score (nSPS) is 23.2. The predicted octanol–water partition coefficient (Wildman–Crippen LogP) is 2.20. The first-order valence-corrected chi connectivity index (χ1v) is 15.3. The van der Waals surface area contributed by atoms with Gasteiger partial charge in [0, 0.05) is 50.4 Å². The summed E-state index contributed by atoms with van der Waals surface area (Å²) in [7, 11) is 0. The highest BCUT2D eigenvalue weighted by Gasteiger charge is 2.45. The van der Waals surface area contributed by atoms with Crippen molar-refractivity contribution in [3.05, 3.63) is 59.7 Å². The third-order valence-electron chi connectivity index (χ3n) is 8.76. The third kappa shape index (κ3) is 8.06. The third-order valence-corrected chi connectivity index (χ3v) is 8.76. The number of fused-ring (bicyclic) bond motifs is 2. The van der Waals surface area contributed by atoms with Crippen LogP contribution in [0.2, 0.25) is 0 Å². The fourth-order valence-corrected chi connectivity index (χ4v) is 6.10. The Kier molecular flexibility index (Phi) is 9.27. The number of hydroxylamine groups is 2. The molecule has 2 aliphatic heterocycles. The minimum Gasteiger partial charge on any atom is -0.494 e. The molecule has 2 aromatic carbocycles. The zero-order chi connectivity index (χ0) is 30.5. The number of hydrogen-bond donors (Lipinski definition) is 2. The number of benzene rings is 2. The lowest BCUT2D eigenvalue weighted by Crippen LogP contribution is -2.35. The molecule has 2 saturated carbocycles. The van der Waals surface area contributed by atoms with Crippen LogP contribution in [-0.2, 0) is 19.3 Å². The van der Waals surface area contributed by atoms with Gasteiger partial charge in [-0.3, -0.25) is 9.59 Å². The van der Waals surface area contributed by atoms with Gasteiger partial charge < -0.3 is 28.9 Å². The van der Waals surface area contributed by atoms with Crippen molar-refractivity contribution in [2.45, 2.75) is 25.7 Å². The summed E-state index contributed by atoms with van der Waals surface area (Å²) in [4.78, 5) is 62.4. The minimum absolute atomic E-state index is 0.193. The number of carbonyl (C=O) groups excluding carboxylic acids is 4. The number of ether oxygens (including phenoxy) is 2. The van der Waals surface area contributed by atoms with Crippen LogP contribution in [0.4, 0.5) is 0 Å². The van der Waals surface area contributed by atoms with E-state index in [-0.39, 0.29) is 11.1 Å². The number of carbonyl (C=O) groups is 4. The van der Waals surface area contributed by atoms with Crippen LogP contribution in [0.5, 0.6) is 11.5 Å². The molecule has 44 heavy (non-hydrogen) atoms. The van der Waals surface area contributed by atoms with Gasteiger partial charge in [-0.25, -0.2) is 9.59 Å². The number of nitrogens with zero attached hydrogens (tertiary/aromatic N) is 2. The van der Waals surface area contributed by atoms with Crippen molar-refractivity contribution < 1.29 is 38.3 Å². The number of rotatable bonds is 12. The average Bonchev–Trinajstić information content (AvgIpc) is 3.89. The molecule has 0 bridgehead atoms. The fraction of sp³-hybridized carbons (Fsp3) is 0.500. The van der Waals surface area contributed by atoms with Crippen LogP contribution < -0.4 is 20.4 Å². The Morgan fingerprint density at radius 2 is 0.955 bits per heavy atom. The molecule has 0 aromatic heterocycles. The second-order valence-electron chi connectivity index (χ2n) is 12.1. The summed E-state index contributed by atoms with van der Waals surface area (Å²) in [6, 6.07) is 12.6. The Labute approximate surface area is 255 Å². The fourth-order valence-electron chi connectivity index (χ4n) is 6.10. The Hall–Kier alpha value is -4.16. The molecule has 2 aromatic rings. The second-order valence-corrected chi connectivity index (χ2v) is 12.1. The van der Waals surface area contributed by atoms with Crippen molar-refractivity contribution in [3.8, 4) is 11.5 Å². The second kappa shape index (κ2) is 13.6. The molecule has 2 aliphatic carbocycles. The van der Waals surface area contributed by atoms with Gasteiger partial charge in [-0.05, 0) is 97.9 Å². The van der Waals surface area contributed by atoms with E-state index in [2.05, 4.69) is 19.5 Å². The van der Waals surface area contributed by atoms with E-state index in [9.17, 15) is 19.2 Å². The van der Waals surface area contributed by atoms with Gasteiger partial charge in [0.1, 0.15) is 11.5 Å². The van der Waals surface area contributed by atoms with Crippen molar-refractivity contribution in [2.24, 2.45) is 23.7 Å². The summed E-state index contributed by atoms with van der Waals surface area (Å²) >= 11 is 0. The lowest BCUT2D eigenvalue weighted by Gasteiger charge is -2.17. The van der Waals surface area contributed by atoms with Crippen molar-refractivity contribution in [2.75, 3.05) is 52.5 Å². The molecule has 12 nitrogen and oxygen atoms in total. The highest BCUT2D eigenvalue weighted by Crippen LogP contribution is 2.45. The molecule has 2 N–H and O–H groups in total. The van der Waals surface area contributed by atoms with Crippen LogP contribution in [0.1, 0.15) is 46.4 Å². The molecule has 2 saturated heterocycles. The average molecular weight is 607 g/mol. The minimum atomic E-state index is -1.51. The summed E-state index contributed by atoms with van der Waals surface area (Å²) in [5, 5.41) is 0. The summed E-state index contributed by atoms with van der Waals surface area (Å²) in [6.07, 6.45) is 4.63. The van der Waals surface area contributed by atoms with Crippen molar-refractivity contribution in [3.63, 3.8) is 0 Å². The van der Waals surface area contributed by atoms with Gasteiger partial charge in [-0.1, -0.05) is 0 Å². The number of nitrogens with one attached hydrogen (secondary N) is 2. The molecule has 4 fully saturated rings. The standard InChI is InChI=1S/C32H38N4O8/c37-29(21-3-7-27(8-4-21)41-13-1-11-35-17-23-15-24(23)18-35)33-43-31(39)32(40)44-34-30(38)22-5-9-28(10-6-22)42-14-2-12-36-19-25-16-26(25)20-36/h3-10,23-26H,1-2,11-20H2,(H,33,37)(H,34,38)/t23-,24+,25-,26+. The largest absolute Gasteiger partial charge is 0.494 e. The van der Waals surface area contributed by atoms with Crippen LogP contribution in [0.25, 0.3) is 0 Å². The molecule has 4 aliphatic rings. The van der Waals surface area contributed by atoms with E-state index in [1.165, 1.54) is 63.3 Å². The zero-order valence-electron chi connectivity index (χ0n) is 24.6. The number of piperidine rings is 2. The van der Waals surface area contributed by atoms with Crippen LogP contribution in [0.15, 0.2) is 48.5 Å². The van der Waals surface area contributed by atoms with Crippen molar-refractivity contribution >= 4 is 23.8 Å². The molecule has 234 valence electrons. The van der Waals surface area contributed by atoms with E-state index < -0.39 is 23.8 Å². The first-order valence-electron chi connectivity index (χ1n) is 15.3. The van der Waals surface area contributed by atoms with Gasteiger partial charge in [0.25, 0.3) is 11.8 Å². The van der Waals surface area contributed by atoms with E-state index in [1.807, 2.05) is 11.0 Å². The monoisotopic (exact) mass is 606 g/mol. The molecule has 6 rings (SSSR count). The zero-order valence-corrected chi connectivity index (χ0v) is 24.6. The summed E-state index contributed by atoms with van der Waals surface area (Å²) in [5.41, 5.74) is 4.17. The maximum Gasteiger partial charge on any atom is 0.443 e. The van der Waals surface area contributed by atoms with Crippen LogP contribution >= 0.6 is 0 Å². The van der Waals surface area contributed by atoms with Crippen molar-refractivity contribution in [1.29, 1.82) is 0 Å². The van der Waals surface area contributed by atoms with E-state index in [1.54, 1.807) is 24.3 Å². The van der Waals surface area contributed by atoms with E-state index in [4.69, 9.17) is 9.47 Å². The van der Waals surface area contributed by atoms with Gasteiger partial charge in [0.05, 0.1) is 13.2 Å². The Morgan fingerprint density at radius 1 is 0.591 bits per heavy atom. The van der Waals surface area contributed by atoms with Gasteiger partial charge in [0.15, 0.2) is 0 Å². The molecular weight excluding hydrogens is 568 g/mol. The lowest BCUT2D eigenvalue weighted by molar-refractivity contribution is -0.173. The van der Waals surface area contributed by atoms with Gasteiger partial charge in [-0.15, -0.1) is 0 Å². The molecular formula is C32H38N4O8. The summed E-state index contributed by atoms with van der Waals surface area (Å²) in [6.45, 7) is 8.01. The number of likely N-dealkylation sites (tertiary alicyclic amines) is 2. The highest BCUT2D eigenvalue weighted by atomic mass is 16.7. The smallest absolute Gasteiger partial charge is 0.443 e. The number of amides is 2. The topological polar surface area (TPSA) is 136 Å². The van der Waals surface area contributed by atoms with E-state index in [0.29, 0.717) is 24.7 Å². The molecule has 2 amide bonds. The molecule has 0 unspecified atom stereocenters. The quantitative estimate of drug-likeness (QED) is 0.210. The first-order chi connectivity index (χ1) is 21.4. The molecule has 4 atom stereocenters. The Bertz CT molecular complexity index is 1230. The Morgan fingerprint density at radius 3 is 1.32 bits per heavy atom. The van der Waals surface area contributed by atoms with Crippen LogP contribution in [0, 0.1) is 23.7 Å². The SMILES string of the molecule is O=C(ONC(=O)c1ccc(OCCCN2C[C@H]3C[C@H]3C2)cc1)C(=O)ONC(=O)c1ccc(OCCCN2C[C@H]3C[C@H]3C2)cc1. The highest BCUT2D eigenvalue weighted by molar-refractivity contribution is 6.29. The van der Waals surface area contributed by atoms with Gasteiger partial charge in [-0.2, -0.15) is 11.0 Å². The molecule has 0 radical (unpaired) electrons. The maximum absolute atomic E-state index is 12.3. The van der Waals surface area contributed by atoms with E-state index >= 15 is 0 Å². The summed E-state index contributed by atoms with van der Waals surface area (Å²) < 4.78 is 11.5. The van der Waals surface area contributed by atoms with Crippen molar-refractivity contribution in [1.82, 2.24) is 20.8 Å². The Balaban J connectivity index is 0.826. The molecule has 2 heterocycles. The predicted molar refractivity (Wildman–Crippen MR) is 156 cm³/mol. The lowest BCUT2D eigenvalue weighted by atomic mass is 10.2. The van der Waals surface area contributed by atoms with Gasteiger partial charge >= 0.3 is 11.9 Å². The first kappa shape index (κ1) is 29.9. The maximum atomic E-state index is 12.3. The van der Waals surface area contributed by atoms with Gasteiger partial charge in [0.2, 0.25) is 0 Å². The van der Waals surface area contributed by atoms with E-state index in [0.717, 1.165) is 49.6 Å². The summed E-state index contributed by atoms with van der Waals surface area (Å²) in [5.74, 6) is 0.388. The molecule has 0 spiro atoms. The number of hydrogen-bond acceptors (Lipinski definition) is 10. The molecule has 12 heteroatoms. The van der Waals surface area contributed by atoms with Crippen LogP contribution in [0.3, 0.4) is 0 Å². The van der Waals surface area contributed by atoms with Crippen LogP contribution in [-0.4, -0.2) is 86.0 Å².